The SMILES string of the molecule is CCC(C)C(CCCC(C)CN)NC. The Morgan fingerprint density at radius 2 is 1.86 bits per heavy atom. The molecule has 14 heavy (non-hydrogen) atoms. The molecule has 0 heterocycles. The van der Waals surface area contributed by atoms with Gasteiger partial charge in [-0.2, -0.15) is 0 Å². The highest BCUT2D eigenvalue weighted by molar-refractivity contribution is 4.71. The van der Waals surface area contributed by atoms with Crippen LogP contribution in [0.2, 0.25) is 0 Å². The first kappa shape index (κ1) is 13.9. The Labute approximate surface area is 89.6 Å². The summed E-state index contributed by atoms with van der Waals surface area (Å²) in [5.41, 5.74) is 5.59. The molecule has 0 saturated carbocycles. The lowest BCUT2D eigenvalue weighted by molar-refractivity contribution is 0.348. The van der Waals surface area contributed by atoms with Crippen molar-refractivity contribution in [2.24, 2.45) is 17.6 Å². The summed E-state index contributed by atoms with van der Waals surface area (Å²) in [4.78, 5) is 0. The average Bonchev–Trinajstić information content (AvgIpc) is 2.22. The zero-order valence-electron chi connectivity index (χ0n) is 10.3. The summed E-state index contributed by atoms with van der Waals surface area (Å²) >= 11 is 0. The van der Waals surface area contributed by atoms with Gasteiger partial charge in [0.05, 0.1) is 0 Å². The van der Waals surface area contributed by atoms with Crippen LogP contribution in [0.1, 0.15) is 46.5 Å². The Kier molecular flexibility index (Phi) is 8.20. The van der Waals surface area contributed by atoms with E-state index in [9.17, 15) is 0 Å². The predicted molar refractivity (Wildman–Crippen MR) is 64.4 cm³/mol. The van der Waals surface area contributed by atoms with Crippen molar-refractivity contribution in [3.8, 4) is 0 Å². The summed E-state index contributed by atoms with van der Waals surface area (Å²) in [7, 11) is 2.07. The maximum atomic E-state index is 5.59. The minimum atomic E-state index is 0.685. The van der Waals surface area contributed by atoms with Gasteiger partial charge in [-0.1, -0.05) is 33.6 Å². The summed E-state index contributed by atoms with van der Waals surface area (Å²) < 4.78 is 0. The van der Waals surface area contributed by atoms with Crippen LogP contribution in [0.25, 0.3) is 0 Å². The van der Waals surface area contributed by atoms with E-state index >= 15 is 0 Å². The first-order valence-corrected chi connectivity index (χ1v) is 6.03. The van der Waals surface area contributed by atoms with Crippen molar-refractivity contribution in [3.05, 3.63) is 0 Å². The van der Waals surface area contributed by atoms with Gasteiger partial charge in [-0.05, 0) is 38.3 Å². The van der Waals surface area contributed by atoms with Crippen molar-refractivity contribution < 1.29 is 0 Å². The maximum absolute atomic E-state index is 5.59. The molecule has 2 heteroatoms. The molecule has 3 N–H and O–H groups in total. The van der Waals surface area contributed by atoms with Gasteiger partial charge >= 0.3 is 0 Å². The van der Waals surface area contributed by atoms with Crippen LogP contribution in [0.5, 0.6) is 0 Å². The van der Waals surface area contributed by atoms with E-state index < -0.39 is 0 Å². The summed E-state index contributed by atoms with van der Waals surface area (Å²) in [6, 6.07) is 0.685. The van der Waals surface area contributed by atoms with Crippen LogP contribution in [-0.4, -0.2) is 19.6 Å². The van der Waals surface area contributed by atoms with Gasteiger partial charge in [0.2, 0.25) is 0 Å². The molecular weight excluding hydrogens is 172 g/mol. The number of hydrogen-bond donors (Lipinski definition) is 2. The second-order valence-electron chi connectivity index (χ2n) is 4.55. The van der Waals surface area contributed by atoms with E-state index in [2.05, 4.69) is 33.1 Å². The molecule has 0 fully saturated rings. The second-order valence-corrected chi connectivity index (χ2v) is 4.55. The Bertz CT molecular complexity index is 125. The average molecular weight is 200 g/mol. The van der Waals surface area contributed by atoms with E-state index in [1.54, 1.807) is 0 Å². The minimum Gasteiger partial charge on any atom is -0.330 e. The largest absolute Gasteiger partial charge is 0.330 e. The molecule has 0 aliphatic heterocycles. The molecule has 0 amide bonds. The molecule has 2 nitrogen and oxygen atoms in total. The molecular formula is C12H28N2. The summed E-state index contributed by atoms with van der Waals surface area (Å²) in [6.07, 6.45) is 5.12. The highest BCUT2D eigenvalue weighted by atomic mass is 14.9. The van der Waals surface area contributed by atoms with Gasteiger partial charge in [-0.3, -0.25) is 0 Å². The van der Waals surface area contributed by atoms with Crippen LogP contribution in [0, 0.1) is 11.8 Å². The third-order valence-corrected chi connectivity index (χ3v) is 3.32. The van der Waals surface area contributed by atoms with E-state index in [0.29, 0.717) is 12.0 Å². The minimum absolute atomic E-state index is 0.685. The molecule has 0 aliphatic rings. The molecule has 0 bridgehead atoms. The fourth-order valence-corrected chi connectivity index (χ4v) is 1.80. The van der Waals surface area contributed by atoms with Gasteiger partial charge in [0.25, 0.3) is 0 Å². The molecule has 0 aromatic rings. The van der Waals surface area contributed by atoms with Crippen molar-refractivity contribution in [1.82, 2.24) is 5.32 Å². The zero-order chi connectivity index (χ0) is 11.0. The smallest absolute Gasteiger partial charge is 0.00895 e. The second kappa shape index (κ2) is 8.25. The van der Waals surface area contributed by atoms with Gasteiger partial charge in [0.15, 0.2) is 0 Å². The van der Waals surface area contributed by atoms with Crippen LogP contribution in [0.4, 0.5) is 0 Å². The van der Waals surface area contributed by atoms with E-state index in [-0.39, 0.29) is 0 Å². The number of nitrogens with two attached hydrogens (primary N) is 1. The van der Waals surface area contributed by atoms with Crippen LogP contribution in [0.3, 0.4) is 0 Å². The molecule has 3 atom stereocenters. The van der Waals surface area contributed by atoms with Gasteiger partial charge in [0.1, 0.15) is 0 Å². The highest BCUT2D eigenvalue weighted by Gasteiger charge is 2.13. The van der Waals surface area contributed by atoms with E-state index in [1.807, 2.05) is 0 Å². The summed E-state index contributed by atoms with van der Waals surface area (Å²) in [5.74, 6) is 1.47. The van der Waals surface area contributed by atoms with Crippen LogP contribution >= 0.6 is 0 Å². The van der Waals surface area contributed by atoms with E-state index in [0.717, 1.165) is 12.5 Å². The van der Waals surface area contributed by atoms with Crippen molar-refractivity contribution in [2.45, 2.75) is 52.5 Å². The normalized spacial score (nSPS) is 17.8. The molecule has 0 aromatic carbocycles. The fraction of sp³-hybridized carbons (Fsp3) is 1.00. The van der Waals surface area contributed by atoms with Gasteiger partial charge in [-0.25, -0.2) is 0 Å². The fourth-order valence-electron chi connectivity index (χ4n) is 1.80. The van der Waals surface area contributed by atoms with Crippen LogP contribution in [0.15, 0.2) is 0 Å². The maximum Gasteiger partial charge on any atom is 0.00895 e. The molecule has 0 rings (SSSR count). The van der Waals surface area contributed by atoms with Gasteiger partial charge < -0.3 is 11.1 Å². The molecule has 0 radical (unpaired) electrons. The van der Waals surface area contributed by atoms with E-state index in [1.165, 1.54) is 25.7 Å². The van der Waals surface area contributed by atoms with Crippen LogP contribution < -0.4 is 11.1 Å². The Hall–Kier alpha value is -0.0800. The van der Waals surface area contributed by atoms with Crippen molar-refractivity contribution in [3.63, 3.8) is 0 Å². The number of rotatable bonds is 8. The zero-order valence-corrected chi connectivity index (χ0v) is 10.3. The molecule has 0 spiro atoms. The third kappa shape index (κ3) is 5.61. The quantitative estimate of drug-likeness (QED) is 0.631. The lowest BCUT2D eigenvalue weighted by Crippen LogP contribution is -2.31. The Morgan fingerprint density at radius 1 is 1.21 bits per heavy atom. The van der Waals surface area contributed by atoms with Crippen LogP contribution in [-0.2, 0) is 0 Å². The van der Waals surface area contributed by atoms with E-state index in [4.69, 9.17) is 5.73 Å². The molecule has 86 valence electrons. The lowest BCUT2D eigenvalue weighted by Gasteiger charge is -2.22. The lowest BCUT2D eigenvalue weighted by atomic mass is 9.93. The highest BCUT2D eigenvalue weighted by Crippen LogP contribution is 2.15. The van der Waals surface area contributed by atoms with Crippen molar-refractivity contribution >= 4 is 0 Å². The monoisotopic (exact) mass is 200 g/mol. The molecule has 0 saturated heterocycles. The van der Waals surface area contributed by atoms with Gasteiger partial charge in [0, 0.05) is 6.04 Å². The topological polar surface area (TPSA) is 38.0 Å². The first-order chi connectivity index (χ1) is 6.65. The molecule has 0 aliphatic carbocycles. The Balaban J connectivity index is 3.62. The Morgan fingerprint density at radius 3 is 2.29 bits per heavy atom. The number of nitrogens with one attached hydrogen (secondary N) is 1. The standard InChI is InChI=1S/C12H28N2/c1-5-11(3)12(14-4)8-6-7-10(2)9-13/h10-12,14H,5-9,13H2,1-4H3. The first-order valence-electron chi connectivity index (χ1n) is 6.03. The van der Waals surface area contributed by atoms with Crippen molar-refractivity contribution in [2.75, 3.05) is 13.6 Å². The summed E-state index contributed by atoms with van der Waals surface area (Å²) in [6.45, 7) is 7.65. The number of hydrogen-bond acceptors (Lipinski definition) is 2. The van der Waals surface area contributed by atoms with Crippen molar-refractivity contribution in [1.29, 1.82) is 0 Å². The predicted octanol–water partition coefficient (Wildman–Crippen LogP) is 2.39. The van der Waals surface area contributed by atoms with Gasteiger partial charge in [-0.15, -0.1) is 0 Å². The summed E-state index contributed by atoms with van der Waals surface area (Å²) in [5, 5.41) is 3.41. The molecule has 3 unspecified atom stereocenters. The third-order valence-electron chi connectivity index (χ3n) is 3.32. The molecule has 0 aromatic heterocycles.